The number of nitrogens with zero attached hydrogens (tertiary/aromatic N) is 1. The van der Waals surface area contributed by atoms with Crippen LogP contribution in [-0.4, -0.2) is 56.7 Å². The lowest BCUT2D eigenvalue weighted by Crippen LogP contribution is -2.40. The van der Waals surface area contributed by atoms with E-state index >= 15 is 0 Å². The third kappa shape index (κ3) is 7.01. The molecule has 0 aliphatic rings. The zero-order chi connectivity index (χ0) is 17.2. The third-order valence-electron chi connectivity index (χ3n) is 2.89. The van der Waals surface area contributed by atoms with Crippen LogP contribution < -0.4 is 4.74 Å². The van der Waals surface area contributed by atoms with E-state index in [1.54, 1.807) is 24.3 Å². The van der Waals surface area contributed by atoms with Gasteiger partial charge in [0.2, 0.25) is 0 Å². The summed E-state index contributed by atoms with van der Waals surface area (Å²) in [6.07, 6.45) is -0.0276. The van der Waals surface area contributed by atoms with Crippen molar-refractivity contribution in [1.82, 2.24) is 4.90 Å². The average Bonchev–Trinajstić information content (AvgIpc) is 2.57. The fourth-order valence-corrected chi connectivity index (χ4v) is 1.73. The Morgan fingerprint density at radius 1 is 1.04 bits per heavy atom. The molecule has 0 atom stereocenters. The van der Waals surface area contributed by atoms with Gasteiger partial charge in [0.1, 0.15) is 12.3 Å². The molecule has 8 heteroatoms. The first-order chi connectivity index (χ1) is 11.0. The van der Waals surface area contributed by atoms with Gasteiger partial charge in [-0.15, -0.1) is 0 Å². The summed E-state index contributed by atoms with van der Waals surface area (Å²) in [6.45, 7) is -0.513. The minimum atomic E-state index is -0.588. The molecule has 0 aliphatic heterocycles. The monoisotopic (exact) mass is 343 g/mol. The molecule has 0 spiro atoms. The van der Waals surface area contributed by atoms with Gasteiger partial charge in [-0.1, -0.05) is 11.6 Å². The zero-order valence-corrected chi connectivity index (χ0v) is 13.7. The third-order valence-corrected chi connectivity index (χ3v) is 3.14. The Morgan fingerprint density at radius 2 is 1.65 bits per heavy atom. The first-order valence-corrected chi connectivity index (χ1v) is 7.13. The maximum absolute atomic E-state index is 12.2. The summed E-state index contributed by atoms with van der Waals surface area (Å²) in [7, 11) is 2.47. The smallest absolute Gasteiger partial charge is 0.325 e. The molecule has 23 heavy (non-hydrogen) atoms. The number of rotatable bonds is 8. The van der Waals surface area contributed by atoms with Crippen molar-refractivity contribution in [2.24, 2.45) is 0 Å². The SMILES string of the molecule is COC(=O)CCN(CC(=O)OC)C(=O)COc1ccc(Cl)cc1. The number of carbonyl (C=O) groups excluding carboxylic acids is 3. The normalized spacial score (nSPS) is 9.87. The Labute approximate surface area is 139 Å². The maximum Gasteiger partial charge on any atom is 0.325 e. The van der Waals surface area contributed by atoms with E-state index in [-0.39, 0.29) is 26.1 Å². The Balaban J connectivity index is 2.60. The molecule has 0 fully saturated rings. The number of carbonyl (C=O) groups is 3. The number of hydrogen-bond donors (Lipinski definition) is 0. The van der Waals surface area contributed by atoms with Crippen molar-refractivity contribution in [3.8, 4) is 5.75 Å². The molecule has 7 nitrogen and oxygen atoms in total. The molecule has 1 aromatic rings. The molecule has 0 N–H and O–H groups in total. The number of esters is 2. The summed E-state index contributed by atoms with van der Waals surface area (Å²) < 4.78 is 14.4. The van der Waals surface area contributed by atoms with Crippen LogP contribution in [0.4, 0.5) is 0 Å². The summed E-state index contributed by atoms with van der Waals surface area (Å²) in [5, 5.41) is 0.550. The van der Waals surface area contributed by atoms with Gasteiger partial charge >= 0.3 is 11.9 Å². The van der Waals surface area contributed by atoms with Gasteiger partial charge in [0.15, 0.2) is 6.61 Å². The van der Waals surface area contributed by atoms with Crippen LogP contribution in [0.15, 0.2) is 24.3 Å². The van der Waals surface area contributed by atoms with Crippen molar-refractivity contribution in [3.05, 3.63) is 29.3 Å². The van der Waals surface area contributed by atoms with Crippen LogP contribution in [0, 0.1) is 0 Å². The molecule has 1 aromatic carbocycles. The van der Waals surface area contributed by atoms with Crippen LogP contribution in [0.2, 0.25) is 5.02 Å². The van der Waals surface area contributed by atoms with Crippen LogP contribution in [0.25, 0.3) is 0 Å². The van der Waals surface area contributed by atoms with E-state index in [0.29, 0.717) is 10.8 Å². The molecular weight excluding hydrogens is 326 g/mol. The largest absolute Gasteiger partial charge is 0.484 e. The summed E-state index contributed by atoms with van der Waals surface area (Å²) in [4.78, 5) is 35.9. The van der Waals surface area contributed by atoms with Crippen molar-refractivity contribution in [2.45, 2.75) is 6.42 Å². The lowest BCUT2D eigenvalue weighted by Gasteiger charge is -2.21. The molecule has 0 heterocycles. The van der Waals surface area contributed by atoms with Gasteiger partial charge < -0.3 is 19.1 Å². The Bertz CT molecular complexity index is 545. The van der Waals surface area contributed by atoms with Gasteiger partial charge in [-0.2, -0.15) is 0 Å². The number of amides is 1. The second kappa shape index (κ2) is 9.68. The highest BCUT2D eigenvalue weighted by Crippen LogP contribution is 2.15. The quantitative estimate of drug-likeness (QED) is 0.661. The predicted molar refractivity (Wildman–Crippen MR) is 82.2 cm³/mol. The molecule has 0 aliphatic carbocycles. The van der Waals surface area contributed by atoms with Crippen molar-refractivity contribution in [1.29, 1.82) is 0 Å². The van der Waals surface area contributed by atoms with Gasteiger partial charge in [0.05, 0.1) is 20.6 Å². The first kappa shape index (κ1) is 18.8. The van der Waals surface area contributed by atoms with Crippen molar-refractivity contribution in [3.63, 3.8) is 0 Å². The van der Waals surface area contributed by atoms with Crippen LogP contribution in [0.3, 0.4) is 0 Å². The Kier molecular flexibility index (Phi) is 7.90. The maximum atomic E-state index is 12.2. The minimum absolute atomic E-state index is 0.0276. The first-order valence-electron chi connectivity index (χ1n) is 6.76. The molecule has 0 saturated carbocycles. The summed E-state index contributed by atoms with van der Waals surface area (Å²) in [5.41, 5.74) is 0. The highest BCUT2D eigenvalue weighted by Gasteiger charge is 2.19. The second-order valence-corrected chi connectivity index (χ2v) is 4.90. The van der Waals surface area contributed by atoms with Gasteiger partial charge in [0.25, 0.3) is 5.91 Å². The van der Waals surface area contributed by atoms with E-state index in [1.807, 2.05) is 0 Å². The van der Waals surface area contributed by atoms with Crippen molar-refractivity contribution in [2.75, 3.05) is 33.9 Å². The molecule has 0 bridgehead atoms. The van der Waals surface area contributed by atoms with Crippen LogP contribution in [0.1, 0.15) is 6.42 Å². The van der Waals surface area contributed by atoms with Crippen LogP contribution in [0.5, 0.6) is 5.75 Å². The highest BCUT2D eigenvalue weighted by atomic mass is 35.5. The van der Waals surface area contributed by atoms with Crippen LogP contribution >= 0.6 is 11.6 Å². The number of benzene rings is 1. The predicted octanol–water partition coefficient (Wildman–Crippen LogP) is 1.28. The number of hydrogen-bond acceptors (Lipinski definition) is 6. The summed E-state index contributed by atoms with van der Waals surface area (Å²) in [6, 6.07) is 6.50. The average molecular weight is 344 g/mol. The van der Waals surface area contributed by atoms with Gasteiger partial charge in [0, 0.05) is 11.6 Å². The molecule has 1 rings (SSSR count). The Morgan fingerprint density at radius 3 is 2.22 bits per heavy atom. The standard InChI is InChI=1S/C15H18ClNO6/c1-21-14(19)7-8-17(9-15(20)22-2)13(18)10-23-12-5-3-11(16)4-6-12/h3-6H,7-10H2,1-2H3. The fourth-order valence-electron chi connectivity index (χ4n) is 1.61. The topological polar surface area (TPSA) is 82.1 Å². The molecular formula is C15H18ClNO6. The lowest BCUT2D eigenvalue weighted by molar-refractivity contribution is -0.149. The van der Waals surface area contributed by atoms with E-state index < -0.39 is 17.8 Å². The summed E-state index contributed by atoms with van der Waals surface area (Å²) >= 11 is 5.76. The molecule has 0 saturated heterocycles. The minimum Gasteiger partial charge on any atom is -0.484 e. The van der Waals surface area contributed by atoms with E-state index in [1.165, 1.54) is 19.1 Å². The van der Waals surface area contributed by atoms with E-state index in [4.69, 9.17) is 16.3 Å². The second-order valence-electron chi connectivity index (χ2n) is 4.46. The van der Waals surface area contributed by atoms with Crippen LogP contribution in [-0.2, 0) is 23.9 Å². The van der Waals surface area contributed by atoms with E-state index in [2.05, 4.69) is 9.47 Å². The Hall–Kier alpha value is -2.28. The highest BCUT2D eigenvalue weighted by molar-refractivity contribution is 6.30. The number of methoxy groups -OCH3 is 2. The molecule has 1 amide bonds. The molecule has 0 aromatic heterocycles. The van der Waals surface area contributed by atoms with Gasteiger partial charge in [-0.25, -0.2) is 0 Å². The van der Waals surface area contributed by atoms with Gasteiger partial charge in [-0.3, -0.25) is 14.4 Å². The lowest BCUT2D eigenvalue weighted by atomic mass is 10.3. The summed E-state index contributed by atoms with van der Waals surface area (Å²) in [5.74, 6) is -1.05. The van der Waals surface area contributed by atoms with Crippen molar-refractivity contribution < 1.29 is 28.6 Å². The molecule has 126 valence electrons. The zero-order valence-electron chi connectivity index (χ0n) is 12.9. The molecule has 0 radical (unpaired) electrons. The fraction of sp³-hybridized carbons (Fsp3) is 0.400. The van der Waals surface area contributed by atoms with Crippen molar-refractivity contribution >= 4 is 29.4 Å². The van der Waals surface area contributed by atoms with E-state index in [0.717, 1.165) is 0 Å². The van der Waals surface area contributed by atoms with E-state index in [9.17, 15) is 14.4 Å². The van der Waals surface area contributed by atoms with Gasteiger partial charge in [-0.05, 0) is 24.3 Å². The number of halogens is 1. The molecule has 0 unspecified atom stereocenters. The number of ether oxygens (including phenoxy) is 3.